The first-order valence-electron chi connectivity index (χ1n) is 9.33. The largest absolute Gasteiger partial charge is 0.486 e. The predicted molar refractivity (Wildman–Crippen MR) is 98.0 cm³/mol. The SMILES string of the molecule is CNC(=O)c1cc(C(=O)N[C@H]2[C@@H]3CN(C(N)=O)C[C@@H]32)cc2c1O[C@H](CF)[C@H]2C. The molecule has 3 aliphatic rings. The van der Waals surface area contributed by atoms with Crippen molar-refractivity contribution >= 4 is 17.8 Å². The number of halogens is 1. The van der Waals surface area contributed by atoms with Crippen molar-refractivity contribution in [3.05, 3.63) is 28.8 Å². The number of amides is 4. The number of rotatable bonds is 4. The maximum Gasteiger partial charge on any atom is 0.314 e. The molecule has 4 N–H and O–H groups in total. The van der Waals surface area contributed by atoms with E-state index in [0.29, 0.717) is 30.0 Å². The van der Waals surface area contributed by atoms with Crippen molar-refractivity contribution in [1.29, 1.82) is 0 Å². The van der Waals surface area contributed by atoms with E-state index >= 15 is 0 Å². The number of carbonyl (C=O) groups excluding carboxylic acids is 3. The predicted octanol–water partition coefficient (Wildman–Crippen LogP) is 0.619. The Morgan fingerprint density at radius 3 is 2.50 bits per heavy atom. The fourth-order valence-electron chi connectivity index (χ4n) is 4.33. The van der Waals surface area contributed by atoms with Gasteiger partial charge in [-0.2, -0.15) is 0 Å². The lowest BCUT2D eigenvalue weighted by Crippen LogP contribution is -2.40. The highest BCUT2D eigenvalue weighted by atomic mass is 19.1. The molecule has 150 valence electrons. The molecule has 5 atom stereocenters. The second-order valence-corrected chi connectivity index (χ2v) is 7.69. The Morgan fingerprint density at radius 1 is 1.25 bits per heavy atom. The summed E-state index contributed by atoms with van der Waals surface area (Å²) in [4.78, 5) is 37.9. The molecule has 2 heterocycles. The average molecular weight is 390 g/mol. The van der Waals surface area contributed by atoms with E-state index < -0.39 is 24.7 Å². The van der Waals surface area contributed by atoms with Crippen molar-refractivity contribution in [3.63, 3.8) is 0 Å². The molecule has 1 aliphatic carbocycles. The van der Waals surface area contributed by atoms with Gasteiger partial charge in [-0.3, -0.25) is 9.59 Å². The zero-order valence-corrected chi connectivity index (χ0v) is 15.7. The van der Waals surface area contributed by atoms with E-state index in [0.717, 1.165) is 0 Å². The van der Waals surface area contributed by atoms with Crippen LogP contribution in [0.2, 0.25) is 0 Å². The second kappa shape index (κ2) is 6.65. The van der Waals surface area contributed by atoms with E-state index in [2.05, 4.69) is 10.6 Å². The van der Waals surface area contributed by atoms with Crippen molar-refractivity contribution < 1.29 is 23.5 Å². The summed E-state index contributed by atoms with van der Waals surface area (Å²) >= 11 is 0. The zero-order valence-electron chi connectivity index (χ0n) is 15.7. The molecule has 4 rings (SSSR count). The fraction of sp³-hybridized carbons (Fsp3) is 0.526. The van der Waals surface area contributed by atoms with Crippen molar-refractivity contribution in [1.82, 2.24) is 15.5 Å². The van der Waals surface area contributed by atoms with Gasteiger partial charge in [0.05, 0.1) is 5.56 Å². The number of fused-ring (bicyclic) bond motifs is 2. The number of hydrogen-bond donors (Lipinski definition) is 3. The Balaban J connectivity index is 1.54. The molecular weight excluding hydrogens is 367 g/mol. The van der Waals surface area contributed by atoms with Crippen molar-refractivity contribution in [2.45, 2.75) is 25.0 Å². The molecule has 8 nitrogen and oxygen atoms in total. The van der Waals surface area contributed by atoms with Crippen LogP contribution < -0.4 is 21.1 Å². The Bertz CT molecular complexity index is 849. The number of benzene rings is 1. The van der Waals surface area contributed by atoms with Gasteiger partial charge in [0, 0.05) is 55.1 Å². The first kappa shape index (κ1) is 18.5. The molecule has 9 heteroatoms. The molecule has 2 fully saturated rings. The number of piperidine rings is 1. The molecule has 0 bridgehead atoms. The number of nitrogens with one attached hydrogen (secondary N) is 2. The normalized spacial score (nSPS) is 29.5. The van der Waals surface area contributed by atoms with Crippen LogP contribution in [-0.2, 0) is 0 Å². The highest BCUT2D eigenvalue weighted by Gasteiger charge is 2.57. The van der Waals surface area contributed by atoms with Crippen LogP contribution in [0.1, 0.15) is 39.1 Å². The number of likely N-dealkylation sites (tertiary alicyclic amines) is 1. The summed E-state index contributed by atoms with van der Waals surface area (Å²) in [6, 6.07) is 2.70. The number of ether oxygens (including phenoxy) is 1. The van der Waals surface area contributed by atoms with Gasteiger partial charge in [-0.1, -0.05) is 6.92 Å². The van der Waals surface area contributed by atoms with Crippen LogP contribution in [0.15, 0.2) is 12.1 Å². The number of carbonyl (C=O) groups is 3. The Labute approximate surface area is 161 Å². The maximum absolute atomic E-state index is 13.2. The number of nitrogens with two attached hydrogens (primary N) is 1. The third-order valence-corrected chi connectivity index (χ3v) is 6.12. The van der Waals surface area contributed by atoms with Crippen LogP contribution in [0.4, 0.5) is 9.18 Å². The quantitative estimate of drug-likeness (QED) is 0.699. The minimum atomic E-state index is -0.674. The van der Waals surface area contributed by atoms with Gasteiger partial charge in [0.25, 0.3) is 11.8 Å². The molecule has 1 saturated carbocycles. The van der Waals surface area contributed by atoms with Crippen molar-refractivity contribution in [2.75, 3.05) is 26.8 Å². The van der Waals surface area contributed by atoms with E-state index in [1.165, 1.54) is 13.1 Å². The molecule has 4 amide bonds. The van der Waals surface area contributed by atoms with Gasteiger partial charge in [0.15, 0.2) is 0 Å². The molecule has 2 aliphatic heterocycles. The van der Waals surface area contributed by atoms with Gasteiger partial charge < -0.3 is 26.0 Å². The minimum Gasteiger partial charge on any atom is -0.486 e. The number of hydrogen-bond acceptors (Lipinski definition) is 4. The summed E-state index contributed by atoms with van der Waals surface area (Å²) in [7, 11) is 1.49. The summed E-state index contributed by atoms with van der Waals surface area (Å²) in [5.41, 5.74) is 6.51. The number of primary amides is 1. The lowest BCUT2D eigenvalue weighted by Gasteiger charge is -2.18. The van der Waals surface area contributed by atoms with Gasteiger partial charge in [-0.25, -0.2) is 9.18 Å². The molecular formula is C19H23FN4O4. The maximum atomic E-state index is 13.2. The smallest absolute Gasteiger partial charge is 0.314 e. The summed E-state index contributed by atoms with van der Waals surface area (Å²) in [6.45, 7) is 2.23. The summed E-state index contributed by atoms with van der Waals surface area (Å²) < 4.78 is 18.9. The first-order chi connectivity index (χ1) is 13.3. The lowest BCUT2D eigenvalue weighted by molar-refractivity contribution is 0.0944. The van der Waals surface area contributed by atoms with Crippen molar-refractivity contribution in [3.8, 4) is 5.75 Å². The standard InChI is InChI=1S/C19H23FN4O4/c1-8-10-3-9(4-11(18(26)22-2)16(10)28-14(8)5-20)17(25)23-15-12-6-24(19(21)27)7-13(12)15/h3-4,8,12-15H,5-7H2,1-2H3,(H2,21,27)(H,22,26)(H,23,25)/t8-,12-,13+,14+,15+/m0/s1. The van der Waals surface area contributed by atoms with Crippen LogP contribution in [0.25, 0.3) is 0 Å². The van der Waals surface area contributed by atoms with E-state index in [1.54, 1.807) is 11.0 Å². The zero-order chi connectivity index (χ0) is 20.2. The van der Waals surface area contributed by atoms with Gasteiger partial charge in [0.1, 0.15) is 18.5 Å². The number of urea groups is 1. The van der Waals surface area contributed by atoms with E-state index in [1.807, 2.05) is 6.92 Å². The van der Waals surface area contributed by atoms with Crippen LogP contribution in [0.5, 0.6) is 5.75 Å². The second-order valence-electron chi connectivity index (χ2n) is 7.69. The third kappa shape index (κ3) is 2.85. The molecule has 1 saturated heterocycles. The molecule has 0 unspecified atom stereocenters. The van der Waals surface area contributed by atoms with Crippen LogP contribution >= 0.6 is 0 Å². The third-order valence-electron chi connectivity index (χ3n) is 6.12. The number of nitrogens with zero attached hydrogens (tertiary/aromatic N) is 1. The van der Waals surface area contributed by atoms with Gasteiger partial charge in [-0.15, -0.1) is 0 Å². The monoisotopic (exact) mass is 390 g/mol. The van der Waals surface area contributed by atoms with Crippen LogP contribution in [0.3, 0.4) is 0 Å². The Morgan fingerprint density at radius 2 is 1.93 bits per heavy atom. The first-order valence-corrected chi connectivity index (χ1v) is 9.33. The highest BCUT2D eigenvalue weighted by molar-refractivity contribution is 6.02. The highest BCUT2D eigenvalue weighted by Crippen LogP contribution is 2.46. The van der Waals surface area contributed by atoms with Crippen molar-refractivity contribution in [2.24, 2.45) is 17.6 Å². The number of alkyl halides is 1. The van der Waals surface area contributed by atoms with E-state index in [9.17, 15) is 18.8 Å². The summed E-state index contributed by atoms with van der Waals surface area (Å²) in [6.07, 6.45) is -0.667. The molecule has 0 radical (unpaired) electrons. The molecule has 1 aromatic rings. The van der Waals surface area contributed by atoms with Crippen LogP contribution in [0, 0.1) is 11.8 Å². The van der Waals surface area contributed by atoms with E-state index in [-0.39, 0.29) is 35.3 Å². The van der Waals surface area contributed by atoms with E-state index in [4.69, 9.17) is 10.5 Å². The Kier molecular flexibility index (Phi) is 4.40. The molecule has 0 spiro atoms. The molecule has 0 aromatic heterocycles. The topological polar surface area (TPSA) is 114 Å². The average Bonchev–Trinajstić information content (AvgIpc) is 3.02. The Hall–Kier alpha value is -2.84. The van der Waals surface area contributed by atoms with Crippen LogP contribution in [-0.4, -0.2) is 61.7 Å². The minimum absolute atomic E-state index is 0.00734. The summed E-state index contributed by atoms with van der Waals surface area (Å²) in [5.74, 6) is -0.191. The fourth-order valence-corrected chi connectivity index (χ4v) is 4.33. The van der Waals surface area contributed by atoms with Gasteiger partial charge >= 0.3 is 6.03 Å². The molecule has 28 heavy (non-hydrogen) atoms. The van der Waals surface area contributed by atoms with Gasteiger partial charge in [0.2, 0.25) is 0 Å². The summed E-state index contributed by atoms with van der Waals surface area (Å²) in [5, 5.41) is 5.51. The molecule has 1 aromatic carbocycles. The lowest BCUT2D eigenvalue weighted by atomic mass is 9.94. The van der Waals surface area contributed by atoms with Gasteiger partial charge in [-0.05, 0) is 12.1 Å².